The van der Waals surface area contributed by atoms with E-state index in [2.05, 4.69) is 16.7 Å². The van der Waals surface area contributed by atoms with Crippen LogP contribution in [0.2, 0.25) is 0 Å². The Morgan fingerprint density at radius 2 is 1.90 bits per heavy atom. The highest BCUT2D eigenvalue weighted by Gasteiger charge is 2.28. The average Bonchev–Trinajstić information content (AvgIpc) is 2.73. The molecule has 1 saturated carbocycles. The molecule has 2 unspecified atom stereocenters. The molecule has 0 aromatic heterocycles. The van der Waals surface area contributed by atoms with Crippen molar-refractivity contribution in [2.45, 2.75) is 70.9 Å². The molecule has 0 spiro atoms. The van der Waals surface area contributed by atoms with Gasteiger partial charge in [0.25, 0.3) is 0 Å². The van der Waals surface area contributed by atoms with Crippen LogP contribution < -0.4 is 15.5 Å². The molecule has 0 heterocycles. The van der Waals surface area contributed by atoms with Crippen LogP contribution in [0.4, 0.5) is 5.69 Å². The van der Waals surface area contributed by atoms with Gasteiger partial charge in [-0.2, -0.15) is 5.26 Å². The van der Waals surface area contributed by atoms with Gasteiger partial charge in [-0.3, -0.25) is 14.4 Å². The van der Waals surface area contributed by atoms with E-state index >= 15 is 0 Å². The molecule has 1 aliphatic rings. The lowest BCUT2D eigenvalue weighted by atomic mass is 9.85. The summed E-state index contributed by atoms with van der Waals surface area (Å²) in [6.45, 7) is 4.18. The summed E-state index contributed by atoms with van der Waals surface area (Å²) in [6, 6.07) is 11.3. The topological polar surface area (TPSA) is 102 Å². The van der Waals surface area contributed by atoms with Gasteiger partial charge in [0.15, 0.2) is 0 Å². The van der Waals surface area contributed by atoms with E-state index in [9.17, 15) is 14.4 Å². The summed E-state index contributed by atoms with van der Waals surface area (Å²) >= 11 is 0. The van der Waals surface area contributed by atoms with Crippen LogP contribution in [0.5, 0.6) is 0 Å². The zero-order valence-electron chi connectivity index (χ0n) is 17.9. The summed E-state index contributed by atoms with van der Waals surface area (Å²) in [5.41, 5.74) is 0.726. The highest BCUT2D eigenvalue weighted by molar-refractivity contribution is 5.95. The van der Waals surface area contributed by atoms with Crippen molar-refractivity contribution >= 4 is 23.4 Å². The van der Waals surface area contributed by atoms with Gasteiger partial charge in [0.05, 0.1) is 12.5 Å². The molecule has 0 saturated heterocycles. The molecule has 162 valence electrons. The van der Waals surface area contributed by atoms with E-state index < -0.39 is 0 Å². The minimum atomic E-state index is -0.176. The first-order valence-corrected chi connectivity index (χ1v) is 10.7. The summed E-state index contributed by atoms with van der Waals surface area (Å²) < 4.78 is 0. The van der Waals surface area contributed by atoms with E-state index in [-0.39, 0.29) is 55.0 Å². The largest absolute Gasteiger partial charge is 0.354 e. The number of carbonyl (C=O) groups excluding carboxylic acids is 3. The average molecular weight is 413 g/mol. The number of benzene rings is 1. The molecule has 7 heteroatoms. The molecule has 2 N–H and O–H groups in total. The Kier molecular flexibility index (Phi) is 9.33. The lowest BCUT2D eigenvalue weighted by molar-refractivity contribution is -0.128. The molecular weight excluding hydrogens is 380 g/mol. The van der Waals surface area contributed by atoms with Gasteiger partial charge in [-0.15, -0.1) is 0 Å². The Labute approximate surface area is 178 Å². The SMILES string of the molecule is CC(C)NC(=O)C1CCCC(NC(=O)CCC(=O)N(CCC#N)c2ccccc2)C1. The van der Waals surface area contributed by atoms with Crippen LogP contribution in [-0.4, -0.2) is 36.3 Å². The van der Waals surface area contributed by atoms with Gasteiger partial charge in [-0.25, -0.2) is 0 Å². The maximum Gasteiger partial charge on any atom is 0.227 e. The van der Waals surface area contributed by atoms with Crippen LogP contribution in [-0.2, 0) is 14.4 Å². The monoisotopic (exact) mass is 412 g/mol. The predicted molar refractivity (Wildman–Crippen MR) is 115 cm³/mol. The Morgan fingerprint density at radius 3 is 2.57 bits per heavy atom. The molecule has 1 fully saturated rings. The van der Waals surface area contributed by atoms with Crippen molar-refractivity contribution in [1.29, 1.82) is 5.26 Å². The lowest BCUT2D eigenvalue weighted by Crippen LogP contribution is -2.44. The quantitative estimate of drug-likeness (QED) is 0.651. The van der Waals surface area contributed by atoms with E-state index in [1.165, 1.54) is 0 Å². The van der Waals surface area contributed by atoms with Gasteiger partial charge < -0.3 is 15.5 Å². The second kappa shape index (κ2) is 12.0. The molecule has 0 bridgehead atoms. The lowest BCUT2D eigenvalue weighted by Gasteiger charge is -2.29. The normalized spacial score (nSPS) is 18.3. The molecular formula is C23H32N4O3. The summed E-state index contributed by atoms with van der Waals surface area (Å²) in [6.07, 6.45) is 3.63. The van der Waals surface area contributed by atoms with Gasteiger partial charge in [0.1, 0.15) is 0 Å². The van der Waals surface area contributed by atoms with Crippen molar-refractivity contribution in [2.75, 3.05) is 11.4 Å². The van der Waals surface area contributed by atoms with Crippen LogP contribution in [0.3, 0.4) is 0 Å². The maximum absolute atomic E-state index is 12.7. The van der Waals surface area contributed by atoms with Gasteiger partial charge in [0, 0.05) is 43.1 Å². The number of nitriles is 1. The number of carbonyl (C=O) groups is 3. The first kappa shape index (κ1) is 23.4. The maximum atomic E-state index is 12.7. The second-order valence-corrected chi connectivity index (χ2v) is 8.08. The number of rotatable bonds is 9. The molecule has 2 rings (SSSR count). The zero-order chi connectivity index (χ0) is 21.9. The van der Waals surface area contributed by atoms with E-state index in [0.29, 0.717) is 13.0 Å². The summed E-state index contributed by atoms with van der Waals surface area (Å²) in [4.78, 5) is 38.9. The van der Waals surface area contributed by atoms with E-state index in [1.54, 1.807) is 4.90 Å². The zero-order valence-corrected chi connectivity index (χ0v) is 17.9. The van der Waals surface area contributed by atoms with Crippen molar-refractivity contribution in [2.24, 2.45) is 5.92 Å². The first-order valence-electron chi connectivity index (χ1n) is 10.7. The summed E-state index contributed by atoms with van der Waals surface area (Å²) in [5.74, 6) is -0.376. The highest BCUT2D eigenvalue weighted by atomic mass is 16.2. The fourth-order valence-electron chi connectivity index (χ4n) is 3.78. The van der Waals surface area contributed by atoms with E-state index in [4.69, 9.17) is 5.26 Å². The van der Waals surface area contributed by atoms with Crippen LogP contribution in [0.1, 0.15) is 58.8 Å². The number of nitrogens with zero attached hydrogens (tertiary/aromatic N) is 2. The Hall–Kier alpha value is -2.88. The number of amides is 3. The van der Waals surface area contributed by atoms with Crippen molar-refractivity contribution < 1.29 is 14.4 Å². The molecule has 7 nitrogen and oxygen atoms in total. The summed E-state index contributed by atoms with van der Waals surface area (Å²) in [7, 11) is 0. The molecule has 1 aromatic carbocycles. The molecule has 1 aromatic rings. The number of para-hydroxylation sites is 1. The number of nitrogens with one attached hydrogen (secondary N) is 2. The molecule has 1 aliphatic carbocycles. The Morgan fingerprint density at radius 1 is 1.17 bits per heavy atom. The minimum absolute atomic E-state index is 0.0342. The Balaban J connectivity index is 1.84. The molecule has 0 aliphatic heterocycles. The second-order valence-electron chi connectivity index (χ2n) is 8.08. The third kappa shape index (κ3) is 7.51. The van der Waals surface area contributed by atoms with Crippen molar-refractivity contribution in [3.05, 3.63) is 30.3 Å². The van der Waals surface area contributed by atoms with Crippen LogP contribution >= 0.6 is 0 Å². The van der Waals surface area contributed by atoms with Gasteiger partial charge in [-0.1, -0.05) is 24.6 Å². The number of hydrogen-bond acceptors (Lipinski definition) is 4. The highest BCUT2D eigenvalue weighted by Crippen LogP contribution is 2.25. The van der Waals surface area contributed by atoms with Gasteiger partial charge in [-0.05, 0) is 45.2 Å². The molecule has 0 radical (unpaired) electrons. The third-order valence-electron chi connectivity index (χ3n) is 5.22. The fraction of sp³-hybridized carbons (Fsp3) is 0.565. The first-order chi connectivity index (χ1) is 14.4. The van der Waals surface area contributed by atoms with Crippen LogP contribution in [0.15, 0.2) is 30.3 Å². The standard InChI is InChI=1S/C23H32N4O3/c1-17(2)25-23(30)18-8-6-9-19(16-18)26-21(28)12-13-22(29)27(15-7-14-24)20-10-4-3-5-11-20/h3-5,10-11,17-19H,6-9,12-13,15-16H2,1-2H3,(H,25,30)(H,26,28). The smallest absolute Gasteiger partial charge is 0.227 e. The Bertz CT molecular complexity index is 757. The van der Waals surface area contributed by atoms with E-state index in [0.717, 1.165) is 24.9 Å². The number of anilines is 1. The van der Waals surface area contributed by atoms with Gasteiger partial charge >= 0.3 is 0 Å². The molecule has 2 atom stereocenters. The fourth-order valence-corrected chi connectivity index (χ4v) is 3.78. The molecule has 30 heavy (non-hydrogen) atoms. The molecule has 3 amide bonds. The van der Waals surface area contributed by atoms with Crippen LogP contribution in [0, 0.1) is 17.2 Å². The van der Waals surface area contributed by atoms with E-state index in [1.807, 2.05) is 44.2 Å². The van der Waals surface area contributed by atoms with Crippen molar-refractivity contribution in [3.63, 3.8) is 0 Å². The third-order valence-corrected chi connectivity index (χ3v) is 5.22. The van der Waals surface area contributed by atoms with Crippen molar-refractivity contribution in [3.8, 4) is 6.07 Å². The predicted octanol–water partition coefficient (Wildman–Crippen LogP) is 2.91. The minimum Gasteiger partial charge on any atom is -0.354 e. The van der Waals surface area contributed by atoms with Crippen molar-refractivity contribution in [1.82, 2.24) is 10.6 Å². The van der Waals surface area contributed by atoms with Crippen LogP contribution in [0.25, 0.3) is 0 Å². The summed E-state index contributed by atoms with van der Waals surface area (Å²) in [5, 5.41) is 14.8. The number of hydrogen-bond donors (Lipinski definition) is 2. The van der Waals surface area contributed by atoms with Gasteiger partial charge in [0.2, 0.25) is 17.7 Å².